The molecule has 1 amide bonds. The highest BCUT2D eigenvalue weighted by molar-refractivity contribution is 6.30. The van der Waals surface area contributed by atoms with Gasteiger partial charge in [-0.25, -0.2) is 4.98 Å². The number of carbonyl (C=O) groups is 1. The van der Waals surface area contributed by atoms with Crippen molar-refractivity contribution in [2.75, 3.05) is 5.32 Å². The zero-order valence-corrected chi connectivity index (χ0v) is 12.8. The van der Waals surface area contributed by atoms with Crippen LogP contribution in [-0.4, -0.2) is 10.9 Å². The van der Waals surface area contributed by atoms with Gasteiger partial charge in [-0.15, -0.1) is 0 Å². The molecule has 0 aliphatic heterocycles. The standard InChI is InChI=1S/C18H13ClN2O2/c19-13-8-10-15(11-9-13)23-18-16(7-4-12-20-18)17(22)21-14-5-2-1-3-6-14/h1-12H,(H,21,22). The molecule has 23 heavy (non-hydrogen) atoms. The second-order valence-corrected chi connectivity index (χ2v) is 5.17. The highest BCUT2D eigenvalue weighted by atomic mass is 35.5. The van der Waals surface area contributed by atoms with Gasteiger partial charge in [-0.3, -0.25) is 4.79 Å². The van der Waals surface area contributed by atoms with Crippen LogP contribution in [0.1, 0.15) is 10.4 Å². The van der Waals surface area contributed by atoms with E-state index in [9.17, 15) is 4.79 Å². The van der Waals surface area contributed by atoms with Gasteiger partial charge in [0, 0.05) is 16.9 Å². The Kier molecular flexibility index (Phi) is 4.54. The minimum absolute atomic E-state index is 0.239. The molecule has 1 aromatic heterocycles. The summed E-state index contributed by atoms with van der Waals surface area (Å²) in [4.78, 5) is 16.6. The summed E-state index contributed by atoms with van der Waals surface area (Å²) in [5, 5.41) is 3.42. The number of hydrogen-bond donors (Lipinski definition) is 1. The van der Waals surface area contributed by atoms with Crippen molar-refractivity contribution < 1.29 is 9.53 Å². The van der Waals surface area contributed by atoms with E-state index < -0.39 is 0 Å². The number of ether oxygens (including phenoxy) is 1. The van der Waals surface area contributed by atoms with Crippen LogP contribution in [0.15, 0.2) is 72.9 Å². The molecule has 0 bridgehead atoms. The number of rotatable bonds is 4. The Bertz CT molecular complexity index is 805. The van der Waals surface area contributed by atoms with E-state index in [0.717, 1.165) is 0 Å². The summed E-state index contributed by atoms with van der Waals surface area (Å²) in [5.41, 5.74) is 1.06. The van der Waals surface area contributed by atoms with E-state index in [0.29, 0.717) is 22.0 Å². The van der Waals surface area contributed by atoms with Crippen LogP contribution in [0.4, 0.5) is 5.69 Å². The van der Waals surface area contributed by atoms with Gasteiger partial charge in [0.25, 0.3) is 5.91 Å². The molecule has 2 aromatic carbocycles. The third-order valence-corrected chi connectivity index (χ3v) is 3.33. The monoisotopic (exact) mass is 324 g/mol. The fraction of sp³-hybridized carbons (Fsp3) is 0. The van der Waals surface area contributed by atoms with E-state index in [1.54, 1.807) is 42.6 Å². The predicted molar refractivity (Wildman–Crippen MR) is 90.2 cm³/mol. The number of nitrogens with zero attached hydrogens (tertiary/aromatic N) is 1. The lowest BCUT2D eigenvalue weighted by Gasteiger charge is -2.10. The molecule has 0 saturated heterocycles. The highest BCUT2D eigenvalue weighted by Gasteiger charge is 2.14. The van der Waals surface area contributed by atoms with E-state index in [-0.39, 0.29) is 11.8 Å². The lowest BCUT2D eigenvalue weighted by Crippen LogP contribution is -2.13. The van der Waals surface area contributed by atoms with E-state index in [2.05, 4.69) is 10.3 Å². The fourth-order valence-electron chi connectivity index (χ4n) is 1.98. The van der Waals surface area contributed by atoms with Crippen molar-refractivity contribution in [2.45, 2.75) is 0 Å². The van der Waals surface area contributed by atoms with Gasteiger partial charge in [0.05, 0.1) is 0 Å². The predicted octanol–water partition coefficient (Wildman–Crippen LogP) is 4.78. The molecule has 114 valence electrons. The zero-order valence-electron chi connectivity index (χ0n) is 12.1. The van der Waals surface area contributed by atoms with Crippen molar-refractivity contribution in [3.8, 4) is 11.6 Å². The minimum Gasteiger partial charge on any atom is -0.438 e. The fourth-order valence-corrected chi connectivity index (χ4v) is 2.11. The van der Waals surface area contributed by atoms with Crippen molar-refractivity contribution in [3.05, 3.63) is 83.5 Å². The molecule has 1 heterocycles. The van der Waals surface area contributed by atoms with Crippen molar-refractivity contribution in [2.24, 2.45) is 0 Å². The van der Waals surface area contributed by atoms with Crippen molar-refractivity contribution in [1.82, 2.24) is 4.98 Å². The third-order valence-electron chi connectivity index (χ3n) is 3.08. The number of benzene rings is 2. The van der Waals surface area contributed by atoms with Crippen molar-refractivity contribution >= 4 is 23.2 Å². The molecule has 0 saturated carbocycles. The van der Waals surface area contributed by atoms with Gasteiger partial charge in [0.1, 0.15) is 11.3 Å². The van der Waals surface area contributed by atoms with Crippen molar-refractivity contribution in [3.63, 3.8) is 0 Å². The Hall–Kier alpha value is -2.85. The normalized spacial score (nSPS) is 10.1. The van der Waals surface area contributed by atoms with Crippen LogP contribution < -0.4 is 10.1 Å². The molecule has 4 nitrogen and oxygen atoms in total. The maximum absolute atomic E-state index is 12.4. The maximum Gasteiger partial charge on any atom is 0.261 e. The lowest BCUT2D eigenvalue weighted by atomic mass is 10.2. The molecule has 0 spiro atoms. The van der Waals surface area contributed by atoms with Crippen LogP contribution in [0, 0.1) is 0 Å². The molecule has 0 radical (unpaired) electrons. The summed E-state index contributed by atoms with van der Waals surface area (Å²) < 4.78 is 5.69. The van der Waals surface area contributed by atoms with E-state index in [1.807, 2.05) is 30.3 Å². The molecular formula is C18H13ClN2O2. The second-order valence-electron chi connectivity index (χ2n) is 4.73. The third kappa shape index (κ3) is 3.87. The van der Waals surface area contributed by atoms with Crippen LogP contribution in [0.2, 0.25) is 5.02 Å². The molecule has 0 aliphatic carbocycles. The van der Waals surface area contributed by atoms with Gasteiger partial charge in [0.2, 0.25) is 5.88 Å². The Labute approximate surface area is 138 Å². The van der Waals surface area contributed by atoms with Gasteiger partial charge >= 0.3 is 0 Å². The first kappa shape index (κ1) is 15.1. The van der Waals surface area contributed by atoms with E-state index in [4.69, 9.17) is 16.3 Å². The summed E-state index contributed by atoms with van der Waals surface area (Å²) in [6, 6.07) is 19.4. The number of aromatic nitrogens is 1. The average molecular weight is 325 g/mol. The minimum atomic E-state index is -0.284. The SMILES string of the molecule is O=C(Nc1ccccc1)c1cccnc1Oc1ccc(Cl)cc1. The smallest absolute Gasteiger partial charge is 0.261 e. The van der Waals surface area contributed by atoms with Gasteiger partial charge in [-0.2, -0.15) is 0 Å². The molecule has 0 fully saturated rings. The summed E-state index contributed by atoms with van der Waals surface area (Å²) in [7, 11) is 0. The van der Waals surface area contributed by atoms with Gasteiger partial charge in [-0.1, -0.05) is 29.8 Å². The average Bonchev–Trinajstić information content (AvgIpc) is 2.58. The van der Waals surface area contributed by atoms with Gasteiger partial charge < -0.3 is 10.1 Å². The Morgan fingerprint density at radius 2 is 1.70 bits per heavy atom. The molecule has 3 rings (SSSR count). The first-order chi connectivity index (χ1) is 11.2. The topological polar surface area (TPSA) is 51.2 Å². The second kappa shape index (κ2) is 6.94. The van der Waals surface area contributed by atoms with Crippen LogP contribution in [0.5, 0.6) is 11.6 Å². The van der Waals surface area contributed by atoms with Crippen LogP contribution >= 0.6 is 11.6 Å². The van der Waals surface area contributed by atoms with E-state index in [1.165, 1.54) is 0 Å². The van der Waals surface area contributed by atoms with Crippen LogP contribution in [0.25, 0.3) is 0 Å². The number of halogens is 1. The van der Waals surface area contributed by atoms with Crippen LogP contribution in [0.3, 0.4) is 0 Å². The first-order valence-electron chi connectivity index (χ1n) is 6.97. The molecule has 5 heteroatoms. The molecular weight excluding hydrogens is 312 g/mol. The van der Waals surface area contributed by atoms with Crippen LogP contribution in [-0.2, 0) is 0 Å². The van der Waals surface area contributed by atoms with E-state index >= 15 is 0 Å². The number of amides is 1. The Morgan fingerprint density at radius 3 is 2.43 bits per heavy atom. The summed E-state index contributed by atoms with van der Waals surface area (Å²) in [6.07, 6.45) is 1.57. The number of para-hydroxylation sites is 1. The maximum atomic E-state index is 12.4. The van der Waals surface area contributed by atoms with Gasteiger partial charge in [0.15, 0.2) is 0 Å². The number of nitrogens with one attached hydrogen (secondary N) is 1. The lowest BCUT2D eigenvalue weighted by molar-refractivity contribution is 0.102. The zero-order chi connectivity index (χ0) is 16.1. The molecule has 0 atom stereocenters. The quantitative estimate of drug-likeness (QED) is 0.751. The Balaban J connectivity index is 1.82. The molecule has 3 aromatic rings. The van der Waals surface area contributed by atoms with Gasteiger partial charge in [-0.05, 0) is 48.5 Å². The molecule has 1 N–H and O–H groups in total. The number of carbonyl (C=O) groups excluding carboxylic acids is 1. The summed E-state index contributed by atoms with van der Waals surface area (Å²) in [6.45, 7) is 0. The van der Waals surface area contributed by atoms with Crippen molar-refractivity contribution in [1.29, 1.82) is 0 Å². The number of pyridine rings is 1. The number of hydrogen-bond acceptors (Lipinski definition) is 3. The number of anilines is 1. The highest BCUT2D eigenvalue weighted by Crippen LogP contribution is 2.25. The summed E-state index contributed by atoms with van der Waals surface area (Å²) in [5.74, 6) is 0.512. The first-order valence-corrected chi connectivity index (χ1v) is 7.35. The molecule has 0 unspecified atom stereocenters. The molecule has 0 aliphatic rings. The summed E-state index contributed by atoms with van der Waals surface area (Å²) >= 11 is 5.85. The largest absolute Gasteiger partial charge is 0.438 e. The Morgan fingerprint density at radius 1 is 0.957 bits per heavy atom.